The Balaban J connectivity index is 1.45. The number of nitrogens with one attached hydrogen (secondary N) is 1. The Labute approximate surface area is 152 Å². The molecule has 1 amide bonds. The lowest BCUT2D eigenvalue weighted by molar-refractivity contribution is -0.150. The Morgan fingerprint density at radius 3 is 2.92 bits per heavy atom. The number of aromatic nitrogens is 2. The molecular formula is C19H24N4O3. The Kier molecular flexibility index (Phi) is 4.19. The van der Waals surface area contributed by atoms with E-state index in [-0.39, 0.29) is 18.0 Å². The highest BCUT2D eigenvalue weighted by Gasteiger charge is 2.50. The number of cyclic esters (lactones) is 1. The van der Waals surface area contributed by atoms with Crippen molar-refractivity contribution in [1.29, 1.82) is 0 Å². The van der Waals surface area contributed by atoms with Crippen molar-refractivity contribution < 1.29 is 14.3 Å². The second-order valence-electron chi connectivity index (χ2n) is 7.67. The average Bonchev–Trinajstić information content (AvgIpc) is 3.16. The minimum absolute atomic E-state index is 0.00435. The molecule has 7 heteroatoms. The first-order valence-electron chi connectivity index (χ1n) is 9.06. The molecule has 2 aliphatic rings. The smallest absolute Gasteiger partial charge is 0.312 e. The lowest BCUT2D eigenvalue weighted by atomic mass is 9.76. The molecule has 0 saturated carbocycles. The molecule has 1 unspecified atom stereocenters. The third-order valence-electron chi connectivity index (χ3n) is 5.58. The molecule has 2 aliphatic heterocycles. The molecule has 0 bridgehead atoms. The van der Waals surface area contributed by atoms with Gasteiger partial charge in [-0.15, -0.1) is 0 Å². The zero-order valence-electron chi connectivity index (χ0n) is 15.2. The van der Waals surface area contributed by atoms with Gasteiger partial charge >= 0.3 is 5.97 Å². The Morgan fingerprint density at radius 2 is 2.19 bits per heavy atom. The summed E-state index contributed by atoms with van der Waals surface area (Å²) in [5, 5.41) is 0.837. The van der Waals surface area contributed by atoms with Crippen molar-refractivity contribution >= 4 is 22.9 Å². The fourth-order valence-electron chi connectivity index (χ4n) is 4.20. The molecule has 4 rings (SSSR count). The van der Waals surface area contributed by atoms with Crippen LogP contribution in [0.1, 0.15) is 29.6 Å². The van der Waals surface area contributed by atoms with E-state index in [9.17, 15) is 9.59 Å². The topological polar surface area (TPSA) is 78.5 Å². The van der Waals surface area contributed by atoms with Gasteiger partial charge in [0.2, 0.25) is 0 Å². The van der Waals surface area contributed by atoms with Crippen LogP contribution >= 0.6 is 0 Å². The van der Waals surface area contributed by atoms with Gasteiger partial charge in [0.15, 0.2) is 0 Å². The molecule has 7 nitrogen and oxygen atoms in total. The average molecular weight is 356 g/mol. The van der Waals surface area contributed by atoms with Gasteiger partial charge in [-0.25, -0.2) is 4.98 Å². The number of carbonyl (C=O) groups excluding carboxylic acids is 2. The number of hydrogen-bond donors (Lipinski definition) is 1. The quantitative estimate of drug-likeness (QED) is 0.847. The van der Waals surface area contributed by atoms with Gasteiger partial charge < -0.3 is 19.5 Å². The fourth-order valence-corrected chi connectivity index (χ4v) is 4.20. The van der Waals surface area contributed by atoms with Crippen LogP contribution in [0, 0.1) is 5.41 Å². The van der Waals surface area contributed by atoms with E-state index in [1.165, 1.54) is 0 Å². The predicted molar refractivity (Wildman–Crippen MR) is 96.7 cm³/mol. The molecule has 2 fully saturated rings. The van der Waals surface area contributed by atoms with Crippen molar-refractivity contribution in [3.05, 3.63) is 30.1 Å². The number of nitrogens with zero attached hydrogens (tertiary/aromatic N) is 3. The van der Waals surface area contributed by atoms with Crippen molar-refractivity contribution in [3.63, 3.8) is 0 Å². The molecule has 1 spiro atoms. The van der Waals surface area contributed by atoms with E-state index >= 15 is 0 Å². The second-order valence-corrected chi connectivity index (χ2v) is 7.67. The number of amides is 1. The number of piperidine rings is 1. The van der Waals surface area contributed by atoms with Gasteiger partial charge in [-0.3, -0.25) is 9.59 Å². The van der Waals surface area contributed by atoms with Crippen molar-refractivity contribution in [2.24, 2.45) is 5.41 Å². The molecule has 0 aromatic carbocycles. The van der Waals surface area contributed by atoms with E-state index in [1.54, 1.807) is 12.4 Å². The molecule has 26 heavy (non-hydrogen) atoms. The molecule has 2 aromatic heterocycles. The molecule has 0 radical (unpaired) electrons. The number of esters is 1. The van der Waals surface area contributed by atoms with Crippen molar-refractivity contribution in [2.45, 2.75) is 25.4 Å². The van der Waals surface area contributed by atoms with Crippen molar-refractivity contribution in [2.75, 3.05) is 33.7 Å². The molecule has 1 N–H and O–H groups in total. The number of aromatic amines is 1. The first kappa shape index (κ1) is 17.0. The summed E-state index contributed by atoms with van der Waals surface area (Å²) < 4.78 is 5.59. The highest BCUT2D eigenvalue weighted by atomic mass is 16.6. The number of likely N-dealkylation sites (N-methyl/N-ethyl adjacent to an activating group) is 1. The van der Waals surface area contributed by atoms with Gasteiger partial charge in [0.05, 0.1) is 11.0 Å². The third kappa shape index (κ3) is 2.86. The molecule has 4 heterocycles. The first-order chi connectivity index (χ1) is 12.5. The highest BCUT2D eigenvalue weighted by Crippen LogP contribution is 2.43. The number of hydrogen-bond acceptors (Lipinski definition) is 5. The molecular weight excluding hydrogens is 332 g/mol. The third-order valence-corrected chi connectivity index (χ3v) is 5.58. The fraction of sp³-hybridized carbons (Fsp3) is 0.526. The van der Waals surface area contributed by atoms with Gasteiger partial charge in [0.1, 0.15) is 11.8 Å². The largest absolute Gasteiger partial charge is 0.461 e. The van der Waals surface area contributed by atoms with Gasteiger partial charge in [0.25, 0.3) is 5.91 Å². The van der Waals surface area contributed by atoms with Crippen LogP contribution in [-0.4, -0.2) is 71.5 Å². The predicted octanol–water partition coefficient (Wildman–Crippen LogP) is 1.66. The Bertz CT molecular complexity index is 836. The number of rotatable bonds is 3. The summed E-state index contributed by atoms with van der Waals surface area (Å²) in [6.45, 7) is 1.91. The van der Waals surface area contributed by atoms with E-state index in [0.717, 1.165) is 24.0 Å². The highest BCUT2D eigenvalue weighted by molar-refractivity contribution is 6.05. The number of H-pyrrole nitrogens is 1. The van der Waals surface area contributed by atoms with E-state index in [1.807, 2.05) is 36.0 Å². The summed E-state index contributed by atoms with van der Waals surface area (Å²) in [7, 11) is 3.96. The molecule has 1 atom stereocenters. The van der Waals surface area contributed by atoms with E-state index in [4.69, 9.17) is 4.74 Å². The first-order valence-corrected chi connectivity index (χ1v) is 9.06. The van der Waals surface area contributed by atoms with Gasteiger partial charge in [0, 0.05) is 43.8 Å². The van der Waals surface area contributed by atoms with Crippen LogP contribution in [0.4, 0.5) is 0 Å². The lowest BCUT2D eigenvalue weighted by Crippen LogP contribution is -2.45. The normalized spacial score (nSPS) is 22.3. The van der Waals surface area contributed by atoms with Crippen LogP contribution in [0.3, 0.4) is 0 Å². The van der Waals surface area contributed by atoms with Crippen LogP contribution in [0.2, 0.25) is 0 Å². The second kappa shape index (κ2) is 6.39. The minimum atomic E-state index is -0.417. The van der Waals surface area contributed by atoms with E-state index < -0.39 is 5.41 Å². The molecule has 2 saturated heterocycles. The number of fused-ring (bicyclic) bond motifs is 1. The Morgan fingerprint density at radius 1 is 1.42 bits per heavy atom. The maximum absolute atomic E-state index is 12.9. The summed E-state index contributed by atoms with van der Waals surface area (Å²) >= 11 is 0. The molecule has 0 aliphatic carbocycles. The number of carbonyl (C=O) groups is 2. The summed E-state index contributed by atoms with van der Waals surface area (Å²) in [6.07, 6.45) is 5.47. The van der Waals surface area contributed by atoms with Gasteiger partial charge in [-0.1, -0.05) is 0 Å². The van der Waals surface area contributed by atoms with Crippen LogP contribution in [0.15, 0.2) is 24.5 Å². The molecule has 2 aromatic rings. The number of ether oxygens (including phenoxy) is 1. The van der Waals surface area contributed by atoms with E-state index in [2.05, 4.69) is 9.97 Å². The van der Waals surface area contributed by atoms with Crippen LogP contribution in [-0.2, 0) is 9.53 Å². The maximum Gasteiger partial charge on any atom is 0.312 e. The number of likely N-dealkylation sites (tertiary alicyclic amines) is 1. The number of pyridine rings is 1. The summed E-state index contributed by atoms with van der Waals surface area (Å²) in [4.78, 5) is 36.6. The van der Waals surface area contributed by atoms with Crippen LogP contribution in [0.5, 0.6) is 0 Å². The van der Waals surface area contributed by atoms with E-state index in [0.29, 0.717) is 31.5 Å². The van der Waals surface area contributed by atoms with Gasteiger partial charge in [-0.05, 0) is 39.1 Å². The summed E-state index contributed by atoms with van der Waals surface area (Å²) in [5.74, 6) is -0.0944. The Hall–Kier alpha value is -2.41. The lowest BCUT2D eigenvalue weighted by Gasteiger charge is -2.36. The summed E-state index contributed by atoms with van der Waals surface area (Å²) in [6, 6.07) is 3.73. The van der Waals surface area contributed by atoms with Crippen molar-refractivity contribution in [1.82, 2.24) is 19.8 Å². The zero-order chi connectivity index (χ0) is 18.3. The van der Waals surface area contributed by atoms with Crippen molar-refractivity contribution in [3.8, 4) is 0 Å². The summed E-state index contributed by atoms with van der Waals surface area (Å²) in [5.41, 5.74) is 0.943. The minimum Gasteiger partial charge on any atom is -0.461 e. The van der Waals surface area contributed by atoms with Crippen LogP contribution in [0.25, 0.3) is 11.0 Å². The standard InChI is InChI=1S/C19H24N4O3/c1-22(2)12-13-10-19(18(25)26-13)5-8-23(9-6-19)17(24)15-11-21-16-14(15)4-3-7-20-16/h3-4,7,11,13H,5-6,8-10,12H2,1-2H3,(H,20,21). The van der Waals surface area contributed by atoms with Gasteiger partial charge in [-0.2, -0.15) is 0 Å². The monoisotopic (exact) mass is 356 g/mol. The maximum atomic E-state index is 12.9. The van der Waals surface area contributed by atoms with Crippen LogP contribution < -0.4 is 0 Å². The zero-order valence-corrected chi connectivity index (χ0v) is 15.2. The molecule has 138 valence electrons. The SMILES string of the molecule is CN(C)CC1CC2(CCN(C(=O)c3c[nH]c4ncccc34)CC2)C(=O)O1.